The van der Waals surface area contributed by atoms with Crippen LogP contribution in [0.2, 0.25) is 0 Å². The Morgan fingerprint density at radius 3 is 2.75 bits per heavy atom. The van der Waals surface area contributed by atoms with Gasteiger partial charge in [0.2, 0.25) is 0 Å². The second-order valence-electron chi connectivity index (χ2n) is 3.77. The number of carboxylic acids is 1. The molecule has 7 heteroatoms. The summed E-state index contributed by atoms with van der Waals surface area (Å²) in [7, 11) is 0. The molecule has 0 saturated heterocycles. The lowest BCUT2D eigenvalue weighted by atomic mass is 10.2. The zero-order valence-electron chi connectivity index (χ0n) is 10.1. The lowest BCUT2D eigenvalue weighted by molar-refractivity contribution is -0.139. The van der Waals surface area contributed by atoms with Gasteiger partial charge in [0, 0.05) is 5.38 Å². The molecule has 0 spiro atoms. The van der Waals surface area contributed by atoms with Gasteiger partial charge < -0.3 is 15.2 Å². The minimum atomic E-state index is -1.08. The minimum absolute atomic E-state index is 0.279. The number of aliphatic carboxylic acids is 1. The zero-order valence-corrected chi connectivity index (χ0v) is 12.5. The van der Waals surface area contributed by atoms with E-state index in [1.807, 2.05) is 0 Å². The summed E-state index contributed by atoms with van der Waals surface area (Å²) in [4.78, 5) is 22.5. The summed E-state index contributed by atoms with van der Waals surface area (Å²) in [6.45, 7) is -0.461. The number of halogens is 1. The van der Waals surface area contributed by atoms with E-state index in [9.17, 15) is 9.59 Å². The normalized spacial score (nSPS) is 10.1. The van der Waals surface area contributed by atoms with E-state index in [4.69, 9.17) is 9.84 Å². The number of nitrogens with one attached hydrogen (secondary N) is 1. The van der Waals surface area contributed by atoms with Crippen molar-refractivity contribution in [3.63, 3.8) is 0 Å². The van der Waals surface area contributed by atoms with Gasteiger partial charge in [0.25, 0.3) is 5.91 Å². The topological polar surface area (TPSA) is 75.6 Å². The number of thiophene rings is 1. The van der Waals surface area contributed by atoms with Gasteiger partial charge in [-0.2, -0.15) is 0 Å². The van der Waals surface area contributed by atoms with Crippen molar-refractivity contribution >= 4 is 44.8 Å². The number of anilines is 1. The molecule has 0 radical (unpaired) electrons. The number of para-hydroxylation sites is 2. The van der Waals surface area contributed by atoms with Crippen LogP contribution >= 0.6 is 27.3 Å². The molecule has 0 saturated carbocycles. The smallest absolute Gasteiger partial charge is 0.341 e. The molecular weight excluding hydrogens is 346 g/mol. The summed E-state index contributed by atoms with van der Waals surface area (Å²) < 4.78 is 5.98. The second-order valence-corrected chi connectivity index (χ2v) is 6.06. The Balaban J connectivity index is 2.12. The Bertz CT molecular complexity index is 641. The van der Waals surface area contributed by atoms with Crippen LogP contribution in [0.3, 0.4) is 0 Å². The van der Waals surface area contributed by atoms with Crippen LogP contribution in [0.25, 0.3) is 0 Å². The van der Waals surface area contributed by atoms with Gasteiger partial charge >= 0.3 is 5.97 Å². The molecule has 0 fully saturated rings. The highest BCUT2D eigenvalue weighted by atomic mass is 79.9. The number of ether oxygens (including phenoxy) is 1. The molecule has 2 N–H and O–H groups in total. The van der Waals surface area contributed by atoms with Crippen LogP contribution in [0.4, 0.5) is 5.69 Å². The van der Waals surface area contributed by atoms with Crippen LogP contribution in [0.1, 0.15) is 10.4 Å². The molecule has 0 aliphatic rings. The summed E-state index contributed by atoms with van der Waals surface area (Å²) in [6.07, 6.45) is 0. The number of hydrogen-bond acceptors (Lipinski definition) is 4. The fraction of sp³-hybridized carbons (Fsp3) is 0.0769. The highest BCUT2D eigenvalue weighted by molar-refractivity contribution is 9.11. The van der Waals surface area contributed by atoms with Gasteiger partial charge in [-0.1, -0.05) is 12.1 Å². The van der Waals surface area contributed by atoms with Crippen LogP contribution in [0.15, 0.2) is 39.5 Å². The summed E-state index contributed by atoms with van der Waals surface area (Å²) in [6, 6.07) is 8.39. The van der Waals surface area contributed by atoms with Gasteiger partial charge in [0.15, 0.2) is 6.61 Å². The molecule has 104 valence electrons. The first-order valence-electron chi connectivity index (χ1n) is 5.55. The maximum atomic E-state index is 12.0. The third-order valence-corrected chi connectivity index (χ3v) is 3.82. The highest BCUT2D eigenvalue weighted by Crippen LogP contribution is 2.26. The number of carbonyl (C=O) groups excluding carboxylic acids is 1. The molecule has 1 amide bonds. The van der Waals surface area contributed by atoms with Crippen molar-refractivity contribution in [3.8, 4) is 5.75 Å². The fourth-order valence-electron chi connectivity index (χ4n) is 1.46. The van der Waals surface area contributed by atoms with Crippen molar-refractivity contribution < 1.29 is 19.4 Å². The van der Waals surface area contributed by atoms with Gasteiger partial charge in [0.05, 0.1) is 15.0 Å². The van der Waals surface area contributed by atoms with Crippen molar-refractivity contribution in [1.29, 1.82) is 0 Å². The number of benzene rings is 1. The first kappa shape index (κ1) is 14.5. The van der Waals surface area contributed by atoms with E-state index in [-0.39, 0.29) is 5.91 Å². The standard InChI is InChI=1S/C13H10BrNO4S/c14-11-5-8(7-20-11)13(18)15-9-3-1-2-4-10(9)19-6-12(16)17/h1-5,7H,6H2,(H,15,18)(H,16,17). The Kier molecular flexibility index (Phi) is 4.75. The van der Waals surface area contributed by atoms with E-state index in [0.717, 1.165) is 3.79 Å². The third-order valence-electron chi connectivity index (χ3n) is 2.32. The summed E-state index contributed by atoms with van der Waals surface area (Å²) in [5.74, 6) is -1.04. The molecule has 0 aliphatic heterocycles. The quantitative estimate of drug-likeness (QED) is 0.863. The molecule has 1 aromatic heterocycles. The Hall–Kier alpha value is -1.86. The second kappa shape index (κ2) is 6.53. The predicted octanol–water partition coefficient (Wildman–Crippen LogP) is 3.23. The number of carboxylic acid groups (broad SMARTS) is 1. The largest absolute Gasteiger partial charge is 0.480 e. The minimum Gasteiger partial charge on any atom is -0.480 e. The number of amides is 1. The zero-order chi connectivity index (χ0) is 14.5. The van der Waals surface area contributed by atoms with E-state index >= 15 is 0 Å². The highest BCUT2D eigenvalue weighted by Gasteiger charge is 2.11. The average Bonchev–Trinajstić information content (AvgIpc) is 2.84. The lowest BCUT2D eigenvalue weighted by Crippen LogP contribution is -2.14. The first-order chi connectivity index (χ1) is 9.56. The molecule has 20 heavy (non-hydrogen) atoms. The maximum absolute atomic E-state index is 12.0. The van der Waals surface area contributed by atoms with Crippen molar-refractivity contribution in [2.45, 2.75) is 0 Å². The Morgan fingerprint density at radius 1 is 1.35 bits per heavy atom. The monoisotopic (exact) mass is 355 g/mol. The van der Waals surface area contributed by atoms with E-state index in [1.54, 1.807) is 35.7 Å². The molecule has 1 aromatic carbocycles. The molecule has 0 bridgehead atoms. The van der Waals surface area contributed by atoms with Crippen LogP contribution in [0.5, 0.6) is 5.75 Å². The van der Waals surface area contributed by atoms with Gasteiger partial charge in [0.1, 0.15) is 5.75 Å². The number of rotatable bonds is 5. The van der Waals surface area contributed by atoms with Crippen molar-refractivity contribution in [2.75, 3.05) is 11.9 Å². The van der Waals surface area contributed by atoms with Crippen LogP contribution in [-0.4, -0.2) is 23.6 Å². The Morgan fingerprint density at radius 2 is 2.10 bits per heavy atom. The summed E-state index contributed by atoms with van der Waals surface area (Å²) in [5.41, 5.74) is 0.955. The van der Waals surface area contributed by atoms with E-state index < -0.39 is 12.6 Å². The van der Waals surface area contributed by atoms with Gasteiger partial charge in [-0.05, 0) is 34.1 Å². The summed E-state index contributed by atoms with van der Waals surface area (Å²) in [5, 5.41) is 13.0. The molecule has 2 aromatic rings. The fourth-order valence-corrected chi connectivity index (χ4v) is 2.60. The molecule has 0 atom stereocenters. The first-order valence-corrected chi connectivity index (χ1v) is 7.22. The van der Waals surface area contributed by atoms with E-state index in [0.29, 0.717) is 17.0 Å². The maximum Gasteiger partial charge on any atom is 0.341 e. The predicted molar refractivity (Wildman–Crippen MR) is 79.5 cm³/mol. The van der Waals surface area contributed by atoms with Crippen LogP contribution < -0.4 is 10.1 Å². The SMILES string of the molecule is O=C(O)COc1ccccc1NC(=O)c1csc(Br)c1. The number of hydrogen-bond donors (Lipinski definition) is 2. The molecular formula is C13H10BrNO4S. The van der Waals surface area contributed by atoms with Crippen LogP contribution in [-0.2, 0) is 4.79 Å². The van der Waals surface area contributed by atoms with Crippen molar-refractivity contribution in [2.24, 2.45) is 0 Å². The lowest BCUT2D eigenvalue weighted by Gasteiger charge is -2.10. The van der Waals surface area contributed by atoms with E-state index in [2.05, 4.69) is 21.2 Å². The molecule has 2 rings (SSSR count). The number of carbonyl (C=O) groups is 2. The molecule has 0 unspecified atom stereocenters. The van der Waals surface area contributed by atoms with Crippen molar-refractivity contribution in [1.82, 2.24) is 0 Å². The van der Waals surface area contributed by atoms with E-state index in [1.165, 1.54) is 11.3 Å². The molecule has 5 nitrogen and oxygen atoms in total. The Labute approximate surface area is 127 Å². The average molecular weight is 356 g/mol. The summed E-state index contributed by atoms with van der Waals surface area (Å²) >= 11 is 4.70. The molecule has 1 heterocycles. The van der Waals surface area contributed by atoms with Crippen LogP contribution in [0, 0.1) is 0 Å². The van der Waals surface area contributed by atoms with Gasteiger partial charge in [-0.15, -0.1) is 11.3 Å². The molecule has 0 aliphatic carbocycles. The third kappa shape index (κ3) is 3.82. The van der Waals surface area contributed by atoms with Gasteiger partial charge in [-0.25, -0.2) is 4.79 Å². The van der Waals surface area contributed by atoms with Crippen molar-refractivity contribution in [3.05, 3.63) is 45.1 Å². The van der Waals surface area contributed by atoms with Gasteiger partial charge in [-0.3, -0.25) is 4.79 Å².